The highest BCUT2D eigenvalue weighted by Gasteiger charge is 2.36. The van der Waals surface area contributed by atoms with Gasteiger partial charge in [-0.25, -0.2) is 4.90 Å². The molecule has 2 amide bonds. The Hall–Kier alpha value is -4.11. The van der Waals surface area contributed by atoms with Gasteiger partial charge in [-0.1, -0.05) is 12.1 Å². The maximum atomic E-state index is 13.4. The van der Waals surface area contributed by atoms with Gasteiger partial charge >= 0.3 is 0 Å². The Morgan fingerprint density at radius 2 is 1.82 bits per heavy atom. The topological polar surface area (TPSA) is 82.0 Å². The van der Waals surface area contributed by atoms with E-state index in [1.807, 2.05) is 42.7 Å². The van der Waals surface area contributed by atoms with E-state index in [4.69, 9.17) is 26.4 Å². The summed E-state index contributed by atoms with van der Waals surface area (Å²) in [6.07, 6.45) is 1.59. The molecule has 0 saturated carbocycles. The van der Waals surface area contributed by atoms with Crippen LogP contribution >= 0.6 is 12.2 Å². The standard InChI is InChI=1S/C25H21N3O5S/c1-14-10-16(15(2)27(14)17-8-9-21-22(12-17)33-13-32-21)11-18-23(29)26-25(34)28(24(18)30)19-6-4-5-7-20(19)31-3/h4-12H,13H2,1-3H3,(H,26,29,34). The summed E-state index contributed by atoms with van der Waals surface area (Å²) >= 11 is 5.31. The zero-order valence-corrected chi connectivity index (χ0v) is 19.6. The largest absolute Gasteiger partial charge is 0.495 e. The van der Waals surface area contributed by atoms with Gasteiger partial charge in [0.15, 0.2) is 16.6 Å². The van der Waals surface area contributed by atoms with Crippen molar-refractivity contribution >= 4 is 40.9 Å². The predicted molar refractivity (Wildman–Crippen MR) is 131 cm³/mol. The lowest BCUT2D eigenvalue weighted by Gasteiger charge is -2.29. The van der Waals surface area contributed by atoms with Gasteiger partial charge in [-0.3, -0.25) is 14.9 Å². The van der Waals surface area contributed by atoms with E-state index >= 15 is 0 Å². The molecule has 8 nitrogen and oxygen atoms in total. The van der Waals surface area contributed by atoms with Crippen LogP contribution in [0.25, 0.3) is 11.8 Å². The summed E-state index contributed by atoms with van der Waals surface area (Å²) in [6, 6.07) is 14.6. The fourth-order valence-electron chi connectivity index (χ4n) is 4.20. The molecule has 1 N–H and O–H groups in total. The molecule has 0 unspecified atom stereocenters. The number of fused-ring (bicyclic) bond motifs is 1. The number of thiocarbonyl (C=S) groups is 1. The molecule has 34 heavy (non-hydrogen) atoms. The van der Waals surface area contributed by atoms with Gasteiger partial charge in [-0.2, -0.15) is 0 Å². The molecule has 9 heteroatoms. The smallest absolute Gasteiger partial charge is 0.270 e. The van der Waals surface area contributed by atoms with Crippen LogP contribution in [-0.4, -0.2) is 35.4 Å². The Kier molecular flexibility index (Phi) is 5.33. The molecule has 172 valence electrons. The average Bonchev–Trinajstić information content (AvgIpc) is 3.39. The Labute approximate surface area is 201 Å². The van der Waals surface area contributed by atoms with Gasteiger partial charge in [0.1, 0.15) is 11.3 Å². The van der Waals surface area contributed by atoms with Crippen LogP contribution in [0.5, 0.6) is 17.2 Å². The summed E-state index contributed by atoms with van der Waals surface area (Å²) in [7, 11) is 1.51. The van der Waals surface area contributed by atoms with E-state index < -0.39 is 11.8 Å². The highest BCUT2D eigenvalue weighted by molar-refractivity contribution is 7.80. The highest BCUT2D eigenvalue weighted by Crippen LogP contribution is 2.35. The fourth-order valence-corrected chi connectivity index (χ4v) is 4.48. The number of aryl methyl sites for hydroxylation is 1. The maximum absolute atomic E-state index is 13.4. The number of carbonyl (C=O) groups excluding carboxylic acids is 2. The van der Waals surface area contributed by atoms with Crippen molar-refractivity contribution in [3.63, 3.8) is 0 Å². The monoisotopic (exact) mass is 475 g/mol. The second kappa shape index (κ2) is 8.35. The summed E-state index contributed by atoms with van der Waals surface area (Å²) < 4.78 is 18.3. The van der Waals surface area contributed by atoms with E-state index in [0.717, 1.165) is 22.6 Å². The first-order valence-corrected chi connectivity index (χ1v) is 10.9. The summed E-state index contributed by atoms with van der Waals surface area (Å²) in [5, 5.41) is 2.62. The summed E-state index contributed by atoms with van der Waals surface area (Å²) in [5.41, 5.74) is 3.86. The quantitative estimate of drug-likeness (QED) is 0.352. The van der Waals surface area contributed by atoms with E-state index in [0.29, 0.717) is 22.9 Å². The number of methoxy groups -OCH3 is 1. The van der Waals surface area contributed by atoms with Crippen LogP contribution in [-0.2, 0) is 9.59 Å². The molecule has 0 atom stereocenters. The Morgan fingerprint density at radius 3 is 2.62 bits per heavy atom. The van der Waals surface area contributed by atoms with E-state index in [9.17, 15) is 9.59 Å². The number of benzene rings is 2. The minimum Gasteiger partial charge on any atom is -0.495 e. The van der Waals surface area contributed by atoms with E-state index in [1.165, 1.54) is 12.0 Å². The van der Waals surface area contributed by atoms with Crippen molar-refractivity contribution in [2.75, 3.05) is 18.8 Å². The van der Waals surface area contributed by atoms with Crippen LogP contribution in [0.1, 0.15) is 17.0 Å². The maximum Gasteiger partial charge on any atom is 0.270 e. The normalized spacial score (nSPS) is 16.3. The molecule has 0 aliphatic carbocycles. The predicted octanol–water partition coefficient (Wildman–Crippen LogP) is 3.66. The third-order valence-corrected chi connectivity index (χ3v) is 6.10. The number of hydrogen-bond donors (Lipinski definition) is 1. The SMILES string of the molecule is COc1ccccc1N1C(=O)C(=Cc2cc(C)n(-c3ccc4c(c3)OCO4)c2C)C(=O)NC1=S. The second-order valence-electron chi connectivity index (χ2n) is 7.83. The van der Waals surface area contributed by atoms with Gasteiger partial charge in [-0.05, 0) is 68.0 Å². The molecule has 2 aromatic carbocycles. The molecule has 3 aromatic rings. The number of amides is 2. The van der Waals surface area contributed by atoms with Crippen molar-refractivity contribution in [3.05, 3.63) is 71.1 Å². The molecule has 1 fully saturated rings. The number of ether oxygens (including phenoxy) is 3. The average molecular weight is 476 g/mol. The molecular formula is C25H21N3O5S. The van der Waals surface area contributed by atoms with Crippen LogP contribution in [0.2, 0.25) is 0 Å². The van der Waals surface area contributed by atoms with E-state index in [1.54, 1.807) is 30.3 Å². The lowest BCUT2D eigenvalue weighted by atomic mass is 10.1. The Morgan fingerprint density at radius 1 is 1.06 bits per heavy atom. The molecule has 2 aliphatic heterocycles. The third-order valence-electron chi connectivity index (χ3n) is 5.81. The zero-order chi connectivity index (χ0) is 24.0. The number of nitrogens with zero attached hydrogens (tertiary/aromatic N) is 2. The van der Waals surface area contributed by atoms with Crippen molar-refractivity contribution in [2.24, 2.45) is 0 Å². The molecule has 0 bridgehead atoms. The van der Waals surface area contributed by atoms with Crippen molar-refractivity contribution in [3.8, 4) is 22.9 Å². The minimum atomic E-state index is -0.547. The van der Waals surface area contributed by atoms with Crippen LogP contribution < -0.4 is 24.4 Å². The summed E-state index contributed by atoms with van der Waals surface area (Å²) in [5.74, 6) is 0.771. The number of aromatic nitrogens is 1. The molecule has 3 heterocycles. The van der Waals surface area contributed by atoms with Gasteiger partial charge in [0.2, 0.25) is 6.79 Å². The number of carbonyl (C=O) groups is 2. The lowest BCUT2D eigenvalue weighted by molar-refractivity contribution is -0.122. The molecule has 2 aliphatic rings. The number of para-hydroxylation sites is 2. The van der Waals surface area contributed by atoms with Gasteiger partial charge in [-0.15, -0.1) is 0 Å². The molecule has 0 radical (unpaired) electrons. The molecule has 1 aromatic heterocycles. The second-order valence-corrected chi connectivity index (χ2v) is 8.22. The van der Waals surface area contributed by atoms with Crippen LogP contribution in [0.15, 0.2) is 54.1 Å². The zero-order valence-electron chi connectivity index (χ0n) is 18.7. The number of anilines is 1. The van der Waals surface area contributed by atoms with Crippen molar-refractivity contribution in [1.29, 1.82) is 0 Å². The van der Waals surface area contributed by atoms with Crippen LogP contribution in [0.4, 0.5) is 5.69 Å². The molecule has 1 saturated heterocycles. The van der Waals surface area contributed by atoms with Gasteiger partial charge in [0.05, 0.1) is 12.8 Å². The fraction of sp³-hybridized carbons (Fsp3) is 0.160. The Bertz CT molecular complexity index is 1390. The number of hydrogen-bond acceptors (Lipinski definition) is 6. The van der Waals surface area contributed by atoms with Gasteiger partial charge < -0.3 is 18.8 Å². The van der Waals surface area contributed by atoms with Crippen molar-refractivity contribution in [2.45, 2.75) is 13.8 Å². The van der Waals surface area contributed by atoms with Crippen molar-refractivity contribution in [1.82, 2.24) is 9.88 Å². The lowest BCUT2D eigenvalue weighted by Crippen LogP contribution is -2.54. The van der Waals surface area contributed by atoms with Crippen LogP contribution in [0.3, 0.4) is 0 Å². The molecule has 5 rings (SSSR count). The first-order chi connectivity index (χ1) is 16.4. The highest BCUT2D eigenvalue weighted by atomic mass is 32.1. The number of rotatable bonds is 4. The minimum absolute atomic E-state index is 0.00230. The van der Waals surface area contributed by atoms with Crippen molar-refractivity contribution < 1.29 is 23.8 Å². The summed E-state index contributed by atoms with van der Waals surface area (Å²) in [4.78, 5) is 27.5. The van der Waals surface area contributed by atoms with Crippen LogP contribution in [0, 0.1) is 13.8 Å². The first kappa shape index (κ1) is 21.7. The Balaban J connectivity index is 1.55. The molecular weight excluding hydrogens is 454 g/mol. The van der Waals surface area contributed by atoms with Gasteiger partial charge in [0.25, 0.3) is 11.8 Å². The van der Waals surface area contributed by atoms with Gasteiger partial charge in [0, 0.05) is 23.1 Å². The third kappa shape index (κ3) is 3.50. The summed E-state index contributed by atoms with van der Waals surface area (Å²) in [6.45, 7) is 4.08. The molecule has 0 spiro atoms. The van der Waals surface area contributed by atoms with E-state index in [2.05, 4.69) is 5.32 Å². The first-order valence-electron chi connectivity index (χ1n) is 10.5. The number of nitrogens with one attached hydrogen (secondary N) is 1. The van der Waals surface area contributed by atoms with E-state index in [-0.39, 0.29) is 17.5 Å².